The lowest BCUT2D eigenvalue weighted by Crippen LogP contribution is -2.47. The summed E-state index contributed by atoms with van der Waals surface area (Å²) >= 11 is 6.31. The third kappa shape index (κ3) is 7.40. The van der Waals surface area contributed by atoms with E-state index in [-0.39, 0.29) is 24.3 Å². The van der Waals surface area contributed by atoms with Gasteiger partial charge in [-0.3, -0.25) is 9.69 Å². The lowest BCUT2D eigenvalue weighted by Gasteiger charge is -2.38. The fourth-order valence-corrected chi connectivity index (χ4v) is 3.99. The number of morpholine rings is 1. The van der Waals surface area contributed by atoms with Crippen LogP contribution in [0.1, 0.15) is 34.5 Å². The molecule has 1 saturated heterocycles. The highest BCUT2D eigenvalue weighted by molar-refractivity contribution is 6.31. The number of rotatable bonds is 8. The van der Waals surface area contributed by atoms with Gasteiger partial charge in [-0.05, 0) is 36.8 Å². The third-order valence-corrected chi connectivity index (χ3v) is 5.58. The maximum Gasteiger partial charge on any atom is 0.411 e. The number of ether oxygens (including phenoxy) is 2. The lowest BCUT2D eigenvalue weighted by molar-refractivity contribution is -0.176. The van der Waals surface area contributed by atoms with Crippen LogP contribution in [0.4, 0.5) is 17.6 Å². The van der Waals surface area contributed by atoms with Crippen molar-refractivity contribution in [3.05, 3.63) is 70.0 Å². The predicted molar refractivity (Wildman–Crippen MR) is 116 cm³/mol. The molecule has 180 valence electrons. The first-order valence-corrected chi connectivity index (χ1v) is 10.8. The van der Waals surface area contributed by atoms with Gasteiger partial charge in [0.15, 0.2) is 0 Å². The molecule has 3 rings (SSSR count). The minimum Gasteiger partial charge on any atom is -0.376 e. The second kappa shape index (κ2) is 11.3. The molecule has 33 heavy (non-hydrogen) atoms. The highest BCUT2D eigenvalue weighted by atomic mass is 35.5. The second-order valence-electron chi connectivity index (χ2n) is 7.84. The van der Waals surface area contributed by atoms with Gasteiger partial charge in [-0.15, -0.1) is 0 Å². The SMILES string of the molecule is C[C@@H]1CN([C@@H](CNC(=O)c2ccc(COCC(F)(F)F)cc2)c2c(F)cccc2Cl)CCO1. The first-order valence-electron chi connectivity index (χ1n) is 10.4. The summed E-state index contributed by atoms with van der Waals surface area (Å²) in [5.41, 5.74) is 1.14. The number of hydrogen-bond acceptors (Lipinski definition) is 4. The smallest absolute Gasteiger partial charge is 0.376 e. The van der Waals surface area contributed by atoms with Crippen LogP contribution in [0.15, 0.2) is 42.5 Å². The van der Waals surface area contributed by atoms with Crippen molar-refractivity contribution in [2.45, 2.75) is 31.9 Å². The van der Waals surface area contributed by atoms with E-state index in [0.29, 0.717) is 36.4 Å². The normalized spacial score (nSPS) is 18.2. The molecular weight excluding hydrogens is 464 g/mol. The maximum atomic E-state index is 14.7. The molecule has 2 atom stereocenters. The Labute approximate surface area is 194 Å². The molecule has 2 aromatic rings. The fourth-order valence-electron chi connectivity index (χ4n) is 3.70. The molecule has 2 aromatic carbocycles. The summed E-state index contributed by atoms with van der Waals surface area (Å²) in [7, 11) is 0. The van der Waals surface area contributed by atoms with Crippen LogP contribution in [0.3, 0.4) is 0 Å². The third-order valence-electron chi connectivity index (χ3n) is 5.25. The van der Waals surface area contributed by atoms with E-state index in [1.165, 1.54) is 36.4 Å². The molecule has 10 heteroatoms. The van der Waals surface area contributed by atoms with Gasteiger partial charge < -0.3 is 14.8 Å². The van der Waals surface area contributed by atoms with Crippen molar-refractivity contribution in [3.63, 3.8) is 0 Å². The average molecular weight is 489 g/mol. The van der Waals surface area contributed by atoms with Crippen molar-refractivity contribution in [2.75, 3.05) is 32.8 Å². The summed E-state index contributed by atoms with van der Waals surface area (Å²) in [4.78, 5) is 14.7. The van der Waals surface area contributed by atoms with Gasteiger partial charge in [0.25, 0.3) is 5.91 Å². The Balaban J connectivity index is 1.67. The zero-order chi connectivity index (χ0) is 24.0. The number of amides is 1. The van der Waals surface area contributed by atoms with Gasteiger partial charge in [0.1, 0.15) is 12.4 Å². The van der Waals surface area contributed by atoms with Crippen LogP contribution < -0.4 is 5.32 Å². The van der Waals surface area contributed by atoms with Crippen molar-refractivity contribution in [3.8, 4) is 0 Å². The maximum absolute atomic E-state index is 14.7. The number of halogens is 5. The summed E-state index contributed by atoms with van der Waals surface area (Å²) in [6, 6.07) is 10.0. The van der Waals surface area contributed by atoms with Gasteiger partial charge >= 0.3 is 6.18 Å². The minimum absolute atomic E-state index is 0.0467. The molecule has 0 aromatic heterocycles. The monoisotopic (exact) mass is 488 g/mol. The van der Waals surface area contributed by atoms with Crippen LogP contribution in [0.25, 0.3) is 0 Å². The lowest BCUT2D eigenvalue weighted by atomic mass is 10.0. The molecule has 0 radical (unpaired) electrons. The average Bonchev–Trinajstić information content (AvgIpc) is 2.75. The Morgan fingerprint density at radius 2 is 2.00 bits per heavy atom. The van der Waals surface area contributed by atoms with E-state index in [1.54, 1.807) is 6.07 Å². The fraction of sp³-hybridized carbons (Fsp3) is 0.435. The molecule has 0 bridgehead atoms. The first-order chi connectivity index (χ1) is 15.6. The topological polar surface area (TPSA) is 50.8 Å². The largest absolute Gasteiger partial charge is 0.411 e. The summed E-state index contributed by atoms with van der Waals surface area (Å²) in [6.07, 6.45) is -4.44. The predicted octanol–water partition coefficient (Wildman–Crippen LogP) is 4.75. The number of carbonyl (C=O) groups is 1. The van der Waals surface area contributed by atoms with Crippen molar-refractivity contribution >= 4 is 17.5 Å². The van der Waals surface area contributed by atoms with E-state index in [0.717, 1.165) is 0 Å². The molecule has 1 fully saturated rings. The number of carbonyl (C=O) groups excluding carboxylic acids is 1. The Morgan fingerprint density at radius 1 is 1.27 bits per heavy atom. The van der Waals surface area contributed by atoms with Crippen molar-refractivity contribution < 1.29 is 31.8 Å². The summed E-state index contributed by atoms with van der Waals surface area (Å²) in [5.74, 6) is -0.847. The first kappa shape index (κ1) is 25.4. The number of nitrogens with one attached hydrogen (secondary N) is 1. The summed E-state index contributed by atoms with van der Waals surface area (Å²) < 4.78 is 61.4. The molecule has 1 amide bonds. The van der Waals surface area contributed by atoms with E-state index in [9.17, 15) is 22.4 Å². The molecule has 5 nitrogen and oxygen atoms in total. The van der Waals surface area contributed by atoms with Gasteiger partial charge in [0.2, 0.25) is 0 Å². The Morgan fingerprint density at radius 3 is 2.64 bits per heavy atom. The molecule has 1 aliphatic rings. The van der Waals surface area contributed by atoms with Gasteiger partial charge in [-0.2, -0.15) is 13.2 Å². The highest BCUT2D eigenvalue weighted by Crippen LogP contribution is 2.31. The Bertz CT molecular complexity index is 920. The molecule has 1 N–H and O–H groups in total. The summed E-state index contributed by atoms with van der Waals surface area (Å²) in [5, 5.41) is 3.09. The molecule has 1 aliphatic heterocycles. The van der Waals surface area contributed by atoms with Gasteiger partial charge in [-0.1, -0.05) is 29.8 Å². The van der Waals surface area contributed by atoms with E-state index in [2.05, 4.69) is 10.1 Å². The molecule has 1 heterocycles. The molecule has 0 saturated carbocycles. The Kier molecular flexibility index (Phi) is 8.69. The van der Waals surface area contributed by atoms with Crippen LogP contribution in [0, 0.1) is 5.82 Å². The standard InChI is InChI=1S/C23H25ClF4N2O3/c1-15-12-30(9-10-33-15)20(21-18(24)3-2-4-19(21)25)11-29-22(31)17-7-5-16(6-8-17)13-32-14-23(26,27)28/h2-8,15,20H,9-14H2,1H3,(H,29,31)/t15-,20+/m1/s1. The van der Waals surface area contributed by atoms with Gasteiger partial charge in [0, 0.05) is 35.8 Å². The van der Waals surface area contributed by atoms with Crippen LogP contribution in [0.5, 0.6) is 0 Å². The van der Waals surface area contributed by atoms with Crippen LogP contribution in [-0.2, 0) is 16.1 Å². The van der Waals surface area contributed by atoms with Crippen molar-refractivity contribution in [1.29, 1.82) is 0 Å². The highest BCUT2D eigenvalue weighted by Gasteiger charge is 2.30. The van der Waals surface area contributed by atoms with Crippen molar-refractivity contribution in [1.82, 2.24) is 10.2 Å². The van der Waals surface area contributed by atoms with Crippen LogP contribution >= 0.6 is 11.6 Å². The zero-order valence-electron chi connectivity index (χ0n) is 18.0. The zero-order valence-corrected chi connectivity index (χ0v) is 18.8. The van der Waals surface area contributed by atoms with E-state index in [4.69, 9.17) is 16.3 Å². The van der Waals surface area contributed by atoms with Crippen molar-refractivity contribution in [2.24, 2.45) is 0 Å². The van der Waals surface area contributed by atoms with E-state index in [1.807, 2.05) is 11.8 Å². The second-order valence-corrected chi connectivity index (χ2v) is 8.25. The number of alkyl halides is 3. The quantitative estimate of drug-likeness (QED) is 0.545. The van der Waals surface area contributed by atoms with Crippen LogP contribution in [0.2, 0.25) is 5.02 Å². The minimum atomic E-state index is -4.39. The van der Waals surface area contributed by atoms with E-state index < -0.39 is 30.5 Å². The number of nitrogens with zero attached hydrogens (tertiary/aromatic N) is 1. The summed E-state index contributed by atoms with van der Waals surface area (Å²) in [6.45, 7) is 2.07. The number of hydrogen-bond donors (Lipinski definition) is 1. The Hall–Kier alpha value is -2.20. The van der Waals surface area contributed by atoms with Crippen LogP contribution in [-0.4, -0.2) is 55.9 Å². The molecule has 0 unspecified atom stereocenters. The molecule has 0 spiro atoms. The van der Waals surface area contributed by atoms with Gasteiger partial charge in [0.05, 0.1) is 25.4 Å². The van der Waals surface area contributed by atoms with E-state index >= 15 is 0 Å². The van der Waals surface area contributed by atoms with Gasteiger partial charge in [-0.25, -0.2) is 4.39 Å². The number of benzene rings is 2. The molecular formula is C23H25ClF4N2O3. The molecule has 0 aliphatic carbocycles.